The minimum Gasteiger partial charge on any atom is -0.484 e. The average molecular weight is 303 g/mol. The number of benzene rings is 1. The van der Waals surface area contributed by atoms with Gasteiger partial charge in [0, 0.05) is 13.0 Å². The van der Waals surface area contributed by atoms with Crippen LogP contribution in [-0.4, -0.2) is 38.9 Å². The van der Waals surface area contributed by atoms with Gasteiger partial charge in [-0.2, -0.15) is 9.61 Å². The maximum atomic E-state index is 11.6. The van der Waals surface area contributed by atoms with E-state index in [1.54, 1.807) is 10.8 Å². The Hall–Kier alpha value is -2.48. The highest BCUT2D eigenvalue weighted by Crippen LogP contribution is 2.11. The molecule has 0 bridgehead atoms. The van der Waals surface area contributed by atoms with Crippen molar-refractivity contribution in [2.75, 3.05) is 13.2 Å². The van der Waals surface area contributed by atoms with Gasteiger partial charge in [-0.25, -0.2) is 0 Å². The summed E-state index contributed by atoms with van der Waals surface area (Å²) in [7, 11) is 0. The third-order valence-corrected chi connectivity index (χ3v) is 3.68. The molecule has 0 saturated heterocycles. The molecule has 21 heavy (non-hydrogen) atoms. The second-order valence-electron chi connectivity index (χ2n) is 4.26. The van der Waals surface area contributed by atoms with Crippen LogP contribution in [-0.2, 0) is 11.2 Å². The summed E-state index contributed by atoms with van der Waals surface area (Å²) in [5.74, 6) is 0.531. The molecule has 2 aromatic heterocycles. The summed E-state index contributed by atoms with van der Waals surface area (Å²) in [5, 5.41) is 15.6. The minimum absolute atomic E-state index is 0.00905. The highest BCUT2D eigenvalue weighted by atomic mass is 32.1. The van der Waals surface area contributed by atoms with Gasteiger partial charge in [-0.15, -0.1) is 10.2 Å². The lowest BCUT2D eigenvalue weighted by Gasteiger charge is -2.06. The van der Waals surface area contributed by atoms with Gasteiger partial charge >= 0.3 is 0 Å². The van der Waals surface area contributed by atoms with E-state index in [-0.39, 0.29) is 12.5 Å². The van der Waals surface area contributed by atoms with Crippen molar-refractivity contribution in [2.45, 2.75) is 6.42 Å². The van der Waals surface area contributed by atoms with Gasteiger partial charge in [-0.3, -0.25) is 4.79 Å². The predicted molar refractivity (Wildman–Crippen MR) is 77.3 cm³/mol. The van der Waals surface area contributed by atoms with Crippen molar-refractivity contribution in [3.05, 3.63) is 41.7 Å². The number of carbonyl (C=O) groups excluding carboxylic acids is 1. The molecule has 8 heteroatoms. The molecule has 1 N–H and O–H groups in total. The summed E-state index contributed by atoms with van der Waals surface area (Å²) in [4.78, 5) is 12.4. The summed E-state index contributed by atoms with van der Waals surface area (Å²) < 4.78 is 6.98. The molecule has 0 fully saturated rings. The summed E-state index contributed by atoms with van der Waals surface area (Å²) in [5.41, 5.74) is 0. The van der Waals surface area contributed by atoms with E-state index in [0.29, 0.717) is 18.7 Å². The molecule has 0 unspecified atom stereocenters. The van der Waals surface area contributed by atoms with E-state index in [4.69, 9.17) is 4.74 Å². The van der Waals surface area contributed by atoms with Crippen LogP contribution >= 0.6 is 11.3 Å². The smallest absolute Gasteiger partial charge is 0.257 e. The van der Waals surface area contributed by atoms with Crippen LogP contribution in [0.2, 0.25) is 0 Å². The van der Waals surface area contributed by atoms with E-state index in [0.717, 1.165) is 9.97 Å². The van der Waals surface area contributed by atoms with E-state index in [9.17, 15) is 4.79 Å². The number of hydrogen-bond acceptors (Lipinski definition) is 6. The van der Waals surface area contributed by atoms with Gasteiger partial charge in [-0.1, -0.05) is 29.5 Å². The molecule has 7 nitrogen and oxygen atoms in total. The molecule has 0 aliphatic heterocycles. The third-order valence-electron chi connectivity index (χ3n) is 2.70. The first kappa shape index (κ1) is 13.5. The van der Waals surface area contributed by atoms with E-state index in [2.05, 4.69) is 20.6 Å². The van der Waals surface area contributed by atoms with Crippen molar-refractivity contribution < 1.29 is 9.53 Å². The van der Waals surface area contributed by atoms with Crippen LogP contribution in [0.4, 0.5) is 0 Å². The van der Waals surface area contributed by atoms with Crippen molar-refractivity contribution in [2.24, 2.45) is 0 Å². The van der Waals surface area contributed by atoms with Gasteiger partial charge in [-0.05, 0) is 12.1 Å². The average Bonchev–Trinajstić information content (AvgIpc) is 3.07. The fraction of sp³-hybridized carbons (Fsp3) is 0.231. The normalized spacial score (nSPS) is 10.7. The van der Waals surface area contributed by atoms with Crippen LogP contribution < -0.4 is 10.1 Å². The Morgan fingerprint density at radius 3 is 3.00 bits per heavy atom. The first-order chi connectivity index (χ1) is 10.3. The first-order valence-corrected chi connectivity index (χ1v) is 7.23. The van der Waals surface area contributed by atoms with Crippen LogP contribution in [0.5, 0.6) is 5.75 Å². The first-order valence-electron chi connectivity index (χ1n) is 6.41. The Balaban J connectivity index is 1.40. The van der Waals surface area contributed by atoms with Gasteiger partial charge in [0.15, 0.2) is 6.61 Å². The number of fused-ring (bicyclic) bond motifs is 1. The predicted octanol–water partition coefficient (Wildman–Crippen LogP) is 0.923. The van der Waals surface area contributed by atoms with Crippen molar-refractivity contribution in [3.63, 3.8) is 0 Å². The molecule has 0 atom stereocenters. The molecule has 2 heterocycles. The summed E-state index contributed by atoms with van der Waals surface area (Å²) in [6.07, 6.45) is 2.21. The summed E-state index contributed by atoms with van der Waals surface area (Å²) in [6.45, 7) is 0.524. The van der Waals surface area contributed by atoms with Gasteiger partial charge in [0.05, 0.1) is 0 Å². The molecule has 1 aromatic carbocycles. The van der Waals surface area contributed by atoms with E-state index in [1.165, 1.54) is 11.3 Å². The molecular formula is C13H13N5O2S. The van der Waals surface area contributed by atoms with Crippen LogP contribution in [0.1, 0.15) is 5.01 Å². The van der Waals surface area contributed by atoms with Crippen LogP contribution in [0.25, 0.3) is 4.96 Å². The number of hydrogen-bond donors (Lipinski definition) is 1. The number of para-hydroxylation sites is 1. The quantitative estimate of drug-likeness (QED) is 0.732. The lowest BCUT2D eigenvalue weighted by Crippen LogP contribution is -2.30. The molecule has 3 rings (SSSR count). The summed E-state index contributed by atoms with van der Waals surface area (Å²) in [6, 6.07) is 9.24. The SMILES string of the molecule is O=C(COc1ccccc1)NCCc1nn2cnnc2s1. The number of rotatable bonds is 6. The molecule has 0 aliphatic rings. The Labute approximate surface area is 124 Å². The van der Waals surface area contributed by atoms with Crippen LogP contribution in [0, 0.1) is 0 Å². The van der Waals surface area contributed by atoms with Crippen molar-refractivity contribution in [3.8, 4) is 5.75 Å². The fourth-order valence-electron chi connectivity index (χ4n) is 1.73. The monoisotopic (exact) mass is 303 g/mol. The molecule has 0 spiro atoms. The maximum Gasteiger partial charge on any atom is 0.257 e. The second kappa shape index (κ2) is 6.31. The van der Waals surface area contributed by atoms with Crippen molar-refractivity contribution in [1.29, 1.82) is 0 Å². The third kappa shape index (κ3) is 3.54. The van der Waals surface area contributed by atoms with E-state index >= 15 is 0 Å². The highest BCUT2D eigenvalue weighted by Gasteiger charge is 2.06. The molecule has 108 valence electrons. The number of ether oxygens (including phenoxy) is 1. The van der Waals surface area contributed by atoms with Gasteiger partial charge < -0.3 is 10.1 Å². The molecule has 0 radical (unpaired) electrons. The fourth-order valence-corrected chi connectivity index (χ4v) is 2.54. The number of nitrogens with one attached hydrogen (secondary N) is 1. The zero-order chi connectivity index (χ0) is 14.5. The lowest BCUT2D eigenvalue weighted by molar-refractivity contribution is -0.123. The van der Waals surface area contributed by atoms with E-state index < -0.39 is 0 Å². The Bertz CT molecular complexity index is 696. The standard InChI is InChI=1S/C13H13N5O2S/c19-11(8-20-10-4-2-1-3-5-10)14-7-6-12-17-18-9-15-16-13(18)21-12/h1-5,9H,6-8H2,(H,14,19). The van der Waals surface area contributed by atoms with Gasteiger partial charge in [0.2, 0.25) is 4.96 Å². The number of aromatic nitrogens is 4. The highest BCUT2D eigenvalue weighted by molar-refractivity contribution is 7.16. The topological polar surface area (TPSA) is 81.4 Å². The minimum atomic E-state index is -0.151. The number of carbonyl (C=O) groups is 1. The Kier molecular flexibility index (Phi) is 4.06. The summed E-state index contributed by atoms with van der Waals surface area (Å²) >= 11 is 1.46. The second-order valence-corrected chi connectivity index (χ2v) is 5.30. The molecular weight excluding hydrogens is 290 g/mol. The van der Waals surface area contributed by atoms with Gasteiger partial charge in [0.1, 0.15) is 17.1 Å². The number of amides is 1. The van der Waals surface area contributed by atoms with Crippen molar-refractivity contribution in [1.82, 2.24) is 25.1 Å². The molecule has 0 saturated carbocycles. The zero-order valence-corrected chi connectivity index (χ0v) is 11.9. The van der Waals surface area contributed by atoms with Crippen LogP contribution in [0.3, 0.4) is 0 Å². The molecule has 0 aliphatic carbocycles. The lowest BCUT2D eigenvalue weighted by atomic mass is 10.3. The molecule has 3 aromatic rings. The Morgan fingerprint density at radius 1 is 1.33 bits per heavy atom. The zero-order valence-electron chi connectivity index (χ0n) is 11.1. The van der Waals surface area contributed by atoms with Crippen molar-refractivity contribution >= 4 is 22.2 Å². The number of nitrogens with zero attached hydrogens (tertiary/aromatic N) is 4. The van der Waals surface area contributed by atoms with Gasteiger partial charge in [0.25, 0.3) is 5.91 Å². The largest absolute Gasteiger partial charge is 0.484 e. The maximum absolute atomic E-state index is 11.6. The molecule has 1 amide bonds. The van der Waals surface area contributed by atoms with E-state index in [1.807, 2.05) is 30.3 Å². The van der Waals surface area contributed by atoms with Crippen LogP contribution in [0.15, 0.2) is 36.7 Å². The Morgan fingerprint density at radius 2 is 2.19 bits per heavy atom.